The third kappa shape index (κ3) is 5.26. The van der Waals surface area contributed by atoms with Gasteiger partial charge < -0.3 is 23.4 Å². The van der Waals surface area contributed by atoms with Crippen LogP contribution in [0.1, 0.15) is 20.1 Å². The Kier molecular flexibility index (Phi) is 7.09. The molecular weight excluding hydrogens is 399 g/mol. The van der Waals surface area contributed by atoms with E-state index in [1.54, 1.807) is 42.1 Å². The number of aromatic nitrogens is 4. The number of hydrogen-bond acceptors (Lipinski definition) is 9. The number of nitrogens with zero attached hydrogens (tertiary/aromatic N) is 6. The summed E-state index contributed by atoms with van der Waals surface area (Å²) in [6.45, 7) is 4.03. The van der Waals surface area contributed by atoms with Crippen LogP contribution < -0.4 is 0 Å². The van der Waals surface area contributed by atoms with Gasteiger partial charge in [-0.05, 0) is 26.0 Å². The van der Waals surface area contributed by atoms with Crippen molar-refractivity contribution in [1.82, 2.24) is 24.4 Å². The van der Waals surface area contributed by atoms with Crippen molar-refractivity contribution in [3.63, 3.8) is 0 Å². The molecule has 158 valence electrons. The minimum atomic E-state index is -3.31. The quantitative estimate of drug-likeness (QED) is 0.246. The summed E-state index contributed by atoms with van der Waals surface area (Å²) in [5.74, 6) is 0.464. The molecule has 2 aromatic heterocycles. The molecule has 11 nitrogen and oxygen atoms in total. The van der Waals surface area contributed by atoms with E-state index in [1.165, 1.54) is 6.33 Å². The second kappa shape index (κ2) is 9.55. The molecule has 0 aromatic carbocycles. The molecule has 12 heteroatoms. The number of fused-ring (bicyclic) bond motifs is 1. The largest absolute Gasteiger partial charge is 0.369 e. The molecule has 1 aliphatic heterocycles. The minimum Gasteiger partial charge on any atom is -0.369 e. The Labute approximate surface area is 168 Å². The second-order valence-corrected chi connectivity index (χ2v) is 8.25. The predicted octanol–water partition coefficient (Wildman–Crippen LogP) is 2.70. The first-order valence-electron chi connectivity index (χ1n) is 9.17. The smallest absolute Gasteiger partial charge is 0.356 e. The van der Waals surface area contributed by atoms with E-state index < -0.39 is 20.1 Å². The molecule has 0 bridgehead atoms. The Morgan fingerprint density at radius 3 is 2.69 bits per heavy atom. The molecule has 2 aromatic rings. The van der Waals surface area contributed by atoms with Gasteiger partial charge in [0.1, 0.15) is 6.33 Å². The standard InChI is InChI=1S/C17H25N6O5P/c1-5-26-29(24,27-6-2)12-25-14-8-7-13(28-14)23-11-20-15-16(21-10-22(3)4)18-9-19-17(15)23/h7-11,13-14H,5-6,12H2,1-4H3/b21-10+/t13-,14+/m1/s1. The van der Waals surface area contributed by atoms with Gasteiger partial charge in [-0.3, -0.25) is 9.13 Å². The van der Waals surface area contributed by atoms with Gasteiger partial charge in [0.2, 0.25) is 0 Å². The van der Waals surface area contributed by atoms with E-state index in [9.17, 15) is 4.57 Å². The fourth-order valence-corrected chi connectivity index (χ4v) is 3.97. The van der Waals surface area contributed by atoms with Gasteiger partial charge >= 0.3 is 7.60 Å². The molecule has 29 heavy (non-hydrogen) atoms. The fourth-order valence-electron chi connectivity index (χ4n) is 2.63. The average Bonchev–Trinajstić information content (AvgIpc) is 3.32. The molecule has 1 aliphatic rings. The molecular formula is C17H25N6O5P. The zero-order valence-corrected chi connectivity index (χ0v) is 17.7. The minimum absolute atomic E-state index is 0.202. The molecule has 0 unspecified atom stereocenters. The summed E-state index contributed by atoms with van der Waals surface area (Å²) < 4.78 is 36.1. The lowest BCUT2D eigenvalue weighted by Gasteiger charge is -2.20. The predicted molar refractivity (Wildman–Crippen MR) is 107 cm³/mol. The SMILES string of the molecule is CCOP(=O)(CO[C@@H]1C=C[C@H](n2cnc3c(/N=C/N(C)C)ncnc32)O1)OCC. The fraction of sp³-hybridized carbons (Fsp3) is 0.529. The topological polar surface area (TPSA) is 113 Å². The van der Waals surface area contributed by atoms with Crippen LogP contribution in [0.3, 0.4) is 0 Å². The first kappa shape index (κ1) is 21.5. The number of imidazole rings is 1. The Bertz CT molecular complexity index is 920. The third-order valence-corrected chi connectivity index (χ3v) is 5.55. The van der Waals surface area contributed by atoms with E-state index >= 15 is 0 Å². The summed E-state index contributed by atoms with van der Waals surface area (Å²) in [6.07, 6.45) is 6.84. The van der Waals surface area contributed by atoms with Gasteiger partial charge in [-0.1, -0.05) is 0 Å². The van der Waals surface area contributed by atoms with Crippen molar-refractivity contribution in [1.29, 1.82) is 0 Å². The van der Waals surface area contributed by atoms with Gasteiger partial charge in [-0.2, -0.15) is 0 Å². The zero-order chi connectivity index (χ0) is 20.9. The first-order valence-corrected chi connectivity index (χ1v) is 10.9. The molecule has 3 heterocycles. The Hall–Kier alpha value is -2.17. The number of aliphatic imine (C=N–C) groups is 1. The van der Waals surface area contributed by atoms with Crippen molar-refractivity contribution in [2.24, 2.45) is 4.99 Å². The molecule has 3 rings (SSSR count). The van der Waals surface area contributed by atoms with Crippen LogP contribution in [-0.2, 0) is 23.1 Å². The van der Waals surface area contributed by atoms with Crippen LogP contribution in [0.4, 0.5) is 5.82 Å². The second-order valence-electron chi connectivity index (χ2n) is 6.25. The number of ether oxygens (including phenoxy) is 2. The lowest BCUT2D eigenvalue weighted by atomic mass is 10.4. The highest BCUT2D eigenvalue weighted by atomic mass is 31.2. The normalized spacial score (nSPS) is 19.6. The number of hydrogen-bond donors (Lipinski definition) is 0. The molecule has 0 spiro atoms. The van der Waals surface area contributed by atoms with Crippen LogP contribution in [0.25, 0.3) is 11.2 Å². The average molecular weight is 424 g/mol. The van der Waals surface area contributed by atoms with Gasteiger partial charge in [0.25, 0.3) is 0 Å². The van der Waals surface area contributed by atoms with Crippen LogP contribution in [-0.4, -0.2) is 70.7 Å². The molecule has 0 radical (unpaired) electrons. The first-order chi connectivity index (χ1) is 14.0. The molecule has 2 atom stereocenters. The third-order valence-electron chi connectivity index (χ3n) is 3.78. The lowest BCUT2D eigenvalue weighted by molar-refractivity contribution is -0.126. The van der Waals surface area contributed by atoms with Gasteiger partial charge in [0.15, 0.2) is 35.8 Å². The van der Waals surface area contributed by atoms with Gasteiger partial charge in [0, 0.05) is 14.1 Å². The molecule has 0 saturated heterocycles. The monoisotopic (exact) mass is 424 g/mol. The highest BCUT2D eigenvalue weighted by Gasteiger charge is 2.29. The summed E-state index contributed by atoms with van der Waals surface area (Å²) in [6, 6.07) is 0. The van der Waals surface area contributed by atoms with Crippen LogP contribution in [0.15, 0.2) is 29.8 Å². The van der Waals surface area contributed by atoms with Crippen molar-refractivity contribution < 1.29 is 23.1 Å². The number of rotatable bonds is 10. The molecule has 0 N–H and O–H groups in total. The van der Waals surface area contributed by atoms with E-state index in [4.69, 9.17) is 18.5 Å². The van der Waals surface area contributed by atoms with E-state index in [2.05, 4.69) is 19.9 Å². The highest BCUT2D eigenvalue weighted by molar-refractivity contribution is 7.53. The Morgan fingerprint density at radius 2 is 2.00 bits per heavy atom. The summed E-state index contributed by atoms with van der Waals surface area (Å²) in [7, 11) is 0.429. The highest BCUT2D eigenvalue weighted by Crippen LogP contribution is 2.48. The summed E-state index contributed by atoms with van der Waals surface area (Å²) in [5, 5.41) is 0. The van der Waals surface area contributed by atoms with E-state index in [0.717, 1.165) is 0 Å². The van der Waals surface area contributed by atoms with Crippen molar-refractivity contribution in [2.75, 3.05) is 33.7 Å². The lowest BCUT2D eigenvalue weighted by Crippen LogP contribution is -2.17. The van der Waals surface area contributed by atoms with Crippen molar-refractivity contribution in [2.45, 2.75) is 26.4 Å². The van der Waals surface area contributed by atoms with E-state index in [0.29, 0.717) is 17.0 Å². The van der Waals surface area contributed by atoms with Gasteiger partial charge in [0.05, 0.1) is 25.9 Å². The maximum Gasteiger partial charge on any atom is 0.356 e. The summed E-state index contributed by atoms with van der Waals surface area (Å²) >= 11 is 0. The molecule has 0 saturated carbocycles. The summed E-state index contributed by atoms with van der Waals surface area (Å²) in [5.41, 5.74) is 1.14. The van der Waals surface area contributed by atoms with Gasteiger partial charge in [-0.25, -0.2) is 19.9 Å². The zero-order valence-electron chi connectivity index (χ0n) is 16.8. The van der Waals surface area contributed by atoms with Crippen molar-refractivity contribution in [3.05, 3.63) is 24.8 Å². The van der Waals surface area contributed by atoms with Crippen LogP contribution in [0.5, 0.6) is 0 Å². The maximum atomic E-state index is 12.5. The Balaban J connectivity index is 1.69. The Morgan fingerprint density at radius 1 is 1.24 bits per heavy atom. The van der Waals surface area contributed by atoms with Crippen molar-refractivity contribution >= 4 is 30.9 Å². The van der Waals surface area contributed by atoms with Crippen molar-refractivity contribution in [3.8, 4) is 0 Å². The van der Waals surface area contributed by atoms with E-state index in [1.807, 2.05) is 20.2 Å². The van der Waals surface area contributed by atoms with Crippen LogP contribution in [0.2, 0.25) is 0 Å². The van der Waals surface area contributed by atoms with Gasteiger partial charge in [-0.15, -0.1) is 0 Å². The molecule has 0 amide bonds. The molecule has 0 aliphatic carbocycles. The van der Waals surface area contributed by atoms with Crippen LogP contribution in [0, 0.1) is 0 Å². The maximum absolute atomic E-state index is 12.5. The van der Waals surface area contributed by atoms with Crippen LogP contribution >= 0.6 is 7.60 Å². The summed E-state index contributed by atoms with van der Waals surface area (Å²) in [4.78, 5) is 18.9. The molecule has 0 fully saturated rings. The van der Waals surface area contributed by atoms with E-state index in [-0.39, 0.29) is 19.6 Å².